The lowest BCUT2D eigenvalue weighted by atomic mass is 10.1. The minimum absolute atomic E-state index is 0.112. The van der Waals surface area contributed by atoms with Crippen LogP contribution < -0.4 is 20.4 Å². The molecule has 0 spiro atoms. The zero-order valence-corrected chi connectivity index (χ0v) is 28.1. The van der Waals surface area contributed by atoms with Crippen molar-refractivity contribution in [2.75, 3.05) is 57.6 Å². The number of hydrogen-bond donors (Lipinski definition) is 1. The van der Waals surface area contributed by atoms with Gasteiger partial charge < -0.3 is 24.0 Å². The molecule has 4 aromatic rings. The maximum absolute atomic E-state index is 13.8. The van der Waals surface area contributed by atoms with E-state index in [0.29, 0.717) is 40.6 Å². The lowest BCUT2D eigenvalue weighted by Crippen LogP contribution is -2.48. The van der Waals surface area contributed by atoms with Gasteiger partial charge in [-0.1, -0.05) is 24.4 Å². The summed E-state index contributed by atoms with van der Waals surface area (Å²) in [7, 11) is 6.06. The van der Waals surface area contributed by atoms with Gasteiger partial charge in [-0.05, 0) is 74.9 Å². The molecule has 0 atom stereocenters. The second-order valence-corrected chi connectivity index (χ2v) is 13.3. The number of anilines is 2. The SMILES string of the molecule is CN(C)c1ccc2c(=O)c(C(=O)Nc3cc(F)cc(F)c3)cn(-c3ccc(Cl)c(OCCCCCCC[N+]4(C)CCCCC4)c3)c2n1. The number of likely N-dealkylation sites (tertiary alicyclic amines) is 1. The molecule has 250 valence electrons. The minimum atomic E-state index is -0.853. The third kappa shape index (κ3) is 8.67. The van der Waals surface area contributed by atoms with E-state index in [0.717, 1.165) is 31.4 Å². The summed E-state index contributed by atoms with van der Waals surface area (Å²) in [6, 6.07) is 11.1. The summed E-state index contributed by atoms with van der Waals surface area (Å²) in [5.41, 5.74) is -0.0167. The van der Waals surface area contributed by atoms with Gasteiger partial charge >= 0.3 is 0 Å². The number of carbonyl (C=O) groups excluding carboxylic acids is 1. The minimum Gasteiger partial charge on any atom is -0.492 e. The van der Waals surface area contributed by atoms with Crippen molar-refractivity contribution in [3.05, 3.63) is 87.2 Å². The van der Waals surface area contributed by atoms with Crippen LogP contribution in [0.3, 0.4) is 0 Å². The second-order valence-electron chi connectivity index (χ2n) is 12.9. The molecule has 0 aliphatic carbocycles. The van der Waals surface area contributed by atoms with E-state index in [4.69, 9.17) is 21.3 Å². The number of benzene rings is 2. The van der Waals surface area contributed by atoms with Crippen molar-refractivity contribution in [2.45, 2.75) is 51.4 Å². The van der Waals surface area contributed by atoms with Gasteiger partial charge in [0, 0.05) is 38.1 Å². The molecule has 47 heavy (non-hydrogen) atoms. The monoisotopic (exact) mass is 666 g/mol. The van der Waals surface area contributed by atoms with Crippen molar-refractivity contribution in [1.29, 1.82) is 0 Å². The fourth-order valence-corrected chi connectivity index (χ4v) is 6.36. The second kappa shape index (κ2) is 15.3. The maximum atomic E-state index is 13.8. The summed E-state index contributed by atoms with van der Waals surface area (Å²) in [6.45, 7) is 4.37. The standard InChI is InChI=1S/C36H42ClF2N5O3/c1-42(2)33-15-13-29-34(45)30(36(46)40-27-21-25(38)20-26(39)22-27)24-43(35(29)41-33)28-12-14-31(37)32(23-28)47-19-11-6-4-5-8-16-44(3)17-9-7-10-18-44/h12-15,20-24H,4-11,16-19H2,1-3H3/p+1. The van der Waals surface area contributed by atoms with Crippen molar-refractivity contribution < 1.29 is 22.8 Å². The van der Waals surface area contributed by atoms with Gasteiger partial charge in [-0.2, -0.15) is 0 Å². The predicted molar refractivity (Wildman–Crippen MR) is 184 cm³/mol. The van der Waals surface area contributed by atoms with Crippen molar-refractivity contribution in [1.82, 2.24) is 9.55 Å². The Labute approximate surface area is 279 Å². The normalized spacial score (nSPS) is 14.3. The fourth-order valence-electron chi connectivity index (χ4n) is 6.19. The first-order valence-electron chi connectivity index (χ1n) is 16.3. The number of nitrogens with zero attached hydrogens (tertiary/aromatic N) is 4. The van der Waals surface area contributed by atoms with Crippen molar-refractivity contribution in [2.24, 2.45) is 0 Å². The first-order chi connectivity index (χ1) is 22.5. The number of piperidine rings is 1. The van der Waals surface area contributed by atoms with Crippen LogP contribution in [0.5, 0.6) is 5.75 Å². The van der Waals surface area contributed by atoms with Crippen LogP contribution in [0.15, 0.2) is 59.5 Å². The Hall–Kier alpha value is -4.02. The lowest BCUT2D eigenvalue weighted by molar-refractivity contribution is -0.914. The van der Waals surface area contributed by atoms with Crippen LogP contribution in [0.25, 0.3) is 16.7 Å². The summed E-state index contributed by atoms with van der Waals surface area (Å²) >= 11 is 6.53. The average Bonchev–Trinajstić information content (AvgIpc) is 3.03. The number of unbranched alkanes of at least 4 members (excludes halogenated alkanes) is 4. The summed E-state index contributed by atoms with van der Waals surface area (Å²) in [4.78, 5) is 33.3. The van der Waals surface area contributed by atoms with E-state index in [1.807, 2.05) is 14.1 Å². The molecule has 1 aliphatic heterocycles. The predicted octanol–water partition coefficient (Wildman–Crippen LogP) is 7.60. The Morgan fingerprint density at radius 2 is 1.68 bits per heavy atom. The molecule has 1 aliphatic rings. The van der Waals surface area contributed by atoms with E-state index < -0.39 is 23.0 Å². The van der Waals surface area contributed by atoms with E-state index in [1.165, 1.54) is 62.4 Å². The molecular formula is C36H43ClF2N5O3+. The molecule has 8 nitrogen and oxygen atoms in total. The van der Waals surface area contributed by atoms with Crippen LogP contribution in [-0.2, 0) is 0 Å². The highest BCUT2D eigenvalue weighted by atomic mass is 35.5. The molecular weight excluding hydrogens is 624 g/mol. The highest BCUT2D eigenvalue weighted by molar-refractivity contribution is 6.32. The fraction of sp³-hybridized carbons (Fsp3) is 0.417. The van der Waals surface area contributed by atoms with Crippen LogP contribution in [0.2, 0.25) is 5.02 Å². The molecule has 5 rings (SSSR count). The zero-order valence-electron chi connectivity index (χ0n) is 27.3. The highest BCUT2D eigenvalue weighted by Crippen LogP contribution is 2.29. The van der Waals surface area contributed by atoms with Crippen LogP contribution in [0, 0.1) is 11.6 Å². The quantitative estimate of drug-likeness (QED) is 0.118. The van der Waals surface area contributed by atoms with Gasteiger partial charge in [-0.25, -0.2) is 13.8 Å². The maximum Gasteiger partial charge on any atom is 0.261 e. The molecule has 0 radical (unpaired) electrons. The number of fused-ring (bicyclic) bond motifs is 1. The molecule has 0 bridgehead atoms. The molecule has 1 amide bonds. The summed E-state index contributed by atoms with van der Waals surface area (Å²) in [5, 5.41) is 3.07. The van der Waals surface area contributed by atoms with Crippen molar-refractivity contribution in [3.8, 4) is 11.4 Å². The van der Waals surface area contributed by atoms with Gasteiger partial charge in [0.25, 0.3) is 5.91 Å². The number of halogens is 3. The van der Waals surface area contributed by atoms with Gasteiger partial charge in [-0.15, -0.1) is 0 Å². The molecule has 0 unspecified atom stereocenters. The Morgan fingerprint density at radius 3 is 2.40 bits per heavy atom. The molecule has 1 fully saturated rings. The Kier molecular flexibility index (Phi) is 11.1. The number of pyridine rings is 2. The number of amides is 1. The summed E-state index contributed by atoms with van der Waals surface area (Å²) < 4.78 is 36.5. The van der Waals surface area contributed by atoms with E-state index in [9.17, 15) is 18.4 Å². The topological polar surface area (TPSA) is 76.5 Å². The van der Waals surface area contributed by atoms with Crippen LogP contribution >= 0.6 is 11.6 Å². The lowest BCUT2D eigenvalue weighted by Gasteiger charge is -2.37. The third-order valence-electron chi connectivity index (χ3n) is 8.85. The largest absolute Gasteiger partial charge is 0.492 e. The van der Waals surface area contributed by atoms with Gasteiger partial charge in [0.1, 0.15) is 28.8 Å². The van der Waals surface area contributed by atoms with Gasteiger partial charge in [-0.3, -0.25) is 9.59 Å². The first kappa shape index (κ1) is 34.3. The Bertz CT molecular complexity index is 1770. The summed E-state index contributed by atoms with van der Waals surface area (Å²) in [5.74, 6) is -1.44. The first-order valence-corrected chi connectivity index (χ1v) is 16.7. The molecule has 2 aromatic heterocycles. The molecule has 3 heterocycles. The Balaban J connectivity index is 1.32. The number of hydrogen-bond acceptors (Lipinski definition) is 5. The molecule has 0 saturated carbocycles. The van der Waals surface area contributed by atoms with Gasteiger partial charge in [0.15, 0.2) is 5.65 Å². The van der Waals surface area contributed by atoms with Gasteiger partial charge in [0.2, 0.25) is 5.43 Å². The highest BCUT2D eigenvalue weighted by Gasteiger charge is 2.24. The van der Waals surface area contributed by atoms with Crippen molar-refractivity contribution >= 4 is 40.0 Å². The zero-order chi connectivity index (χ0) is 33.6. The number of ether oxygens (including phenoxy) is 1. The number of nitrogens with one attached hydrogen (secondary N) is 1. The summed E-state index contributed by atoms with van der Waals surface area (Å²) in [6.07, 6.45) is 11.0. The molecule has 1 saturated heterocycles. The number of quaternary nitrogens is 1. The van der Waals surface area contributed by atoms with Crippen LogP contribution in [0.4, 0.5) is 20.3 Å². The van der Waals surface area contributed by atoms with Crippen LogP contribution in [0.1, 0.15) is 61.7 Å². The van der Waals surface area contributed by atoms with E-state index in [2.05, 4.69) is 12.4 Å². The third-order valence-corrected chi connectivity index (χ3v) is 9.16. The van der Waals surface area contributed by atoms with Crippen molar-refractivity contribution in [3.63, 3.8) is 0 Å². The Morgan fingerprint density at radius 1 is 0.979 bits per heavy atom. The smallest absolute Gasteiger partial charge is 0.261 e. The molecule has 11 heteroatoms. The molecule has 1 N–H and O–H groups in total. The van der Waals surface area contributed by atoms with Gasteiger partial charge in [0.05, 0.1) is 49.4 Å². The van der Waals surface area contributed by atoms with E-state index in [1.54, 1.807) is 39.8 Å². The number of rotatable bonds is 13. The van der Waals surface area contributed by atoms with E-state index >= 15 is 0 Å². The average molecular weight is 667 g/mol. The number of aromatic nitrogens is 2. The van der Waals surface area contributed by atoms with E-state index in [-0.39, 0.29) is 16.6 Å². The number of carbonyl (C=O) groups is 1. The molecule has 2 aromatic carbocycles. The van der Waals surface area contributed by atoms with Crippen LogP contribution in [-0.4, -0.2) is 67.3 Å².